The van der Waals surface area contributed by atoms with Gasteiger partial charge in [0.05, 0.1) is 0 Å². The van der Waals surface area contributed by atoms with Gasteiger partial charge < -0.3 is 0 Å². The Morgan fingerprint density at radius 1 is 1.17 bits per heavy atom. The average molecular weight is 167 g/mol. The van der Waals surface area contributed by atoms with E-state index in [1.807, 2.05) is 0 Å². The molecule has 0 heterocycles. The van der Waals surface area contributed by atoms with Gasteiger partial charge in [-0.3, -0.25) is 0 Å². The van der Waals surface area contributed by atoms with E-state index in [-0.39, 0.29) is 0 Å². The van der Waals surface area contributed by atoms with Gasteiger partial charge in [0.1, 0.15) is 0 Å². The predicted octanol–water partition coefficient (Wildman–Crippen LogP) is 3.05. The van der Waals surface area contributed by atoms with Crippen LogP contribution < -0.4 is 0 Å². The number of benzene rings is 1. The van der Waals surface area contributed by atoms with Crippen molar-refractivity contribution in [3.8, 4) is 0 Å². The summed E-state index contributed by atoms with van der Waals surface area (Å²) in [6.45, 7) is 0. The lowest BCUT2D eigenvalue weighted by molar-refractivity contribution is 0.498. The van der Waals surface area contributed by atoms with E-state index in [0.717, 1.165) is 18.4 Å². The van der Waals surface area contributed by atoms with Crippen LogP contribution in [0.4, 0.5) is 8.78 Å². The SMILES string of the molecule is Fc1ccc(C2[CH]CC2)cc1F. The monoisotopic (exact) mass is 167 g/mol. The molecule has 1 atom stereocenters. The summed E-state index contributed by atoms with van der Waals surface area (Å²) < 4.78 is 25.2. The van der Waals surface area contributed by atoms with Gasteiger partial charge in [-0.15, -0.1) is 0 Å². The lowest BCUT2D eigenvalue weighted by Crippen LogP contribution is -2.10. The lowest BCUT2D eigenvalue weighted by atomic mass is 9.80. The Balaban J connectivity index is 2.27. The van der Waals surface area contributed by atoms with Crippen LogP contribution in [0.25, 0.3) is 0 Å². The molecule has 2 rings (SSSR count). The van der Waals surface area contributed by atoms with Gasteiger partial charge >= 0.3 is 0 Å². The van der Waals surface area contributed by atoms with Gasteiger partial charge in [0.2, 0.25) is 0 Å². The van der Waals surface area contributed by atoms with Crippen molar-refractivity contribution in [2.24, 2.45) is 0 Å². The van der Waals surface area contributed by atoms with Crippen LogP contribution in [-0.4, -0.2) is 0 Å². The molecule has 1 aliphatic carbocycles. The topological polar surface area (TPSA) is 0 Å². The molecule has 1 radical (unpaired) electrons. The molecule has 0 amide bonds. The van der Waals surface area contributed by atoms with E-state index in [0.29, 0.717) is 5.92 Å². The van der Waals surface area contributed by atoms with Gasteiger partial charge in [-0.05, 0) is 42.9 Å². The molecule has 12 heavy (non-hydrogen) atoms. The van der Waals surface area contributed by atoms with Crippen LogP contribution in [0.2, 0.25) is 0 Å². The summed E-state index contributed by atoms with van der Waals surface area (Å²) in [7, 11) is 0. The quantitative estimate of drug-likeness (QED) is 0.603. The Morgan fingerprint density at radius 2 is 1.92 bits per heavy atom. The van der Waals surface area contributed by atoms with E-state index in [2.05, 4.69) is 6.42 Å². The van der Waals surface area contributed by atoms with Gasteiger partial charge in [0.15, 0.2) is 11.6 Å². The second kappa shape index (κ2) is 2.85. The van der Waals surface area contributed by atoms with Gasteiger partial charge in [0.25, 0.3) is 0 Å². The van der Waals surface area contributed by atoms with Crippen molar-refractivity contribution in [2.75, 3.05) is 0 Å². The fourth-order valence-corrected chi connectivity index (χ4v) is 1.38. The summed E-state index contributed by atoms with van der Waals surface area (Å²) in [5.41, 5.74) is 0.889. The van der Waals surface area contributed by atoms with E-state index in [4.69, 9.17) is 0 Å². The van der Waals surface area contributed by atoms with Crippen LogP contribution in [0.15, 0.2) is 18.2 Å². The number of rotatable bonds is 1. The number of hydrogen-bond donors (Lipinski definition) is 0. The zero-order valence-corrected chi connectivity index (χ0v) is 6.56. The maximum absolute atomic E-state index is 12.7. The molecular formula is C10H9F2. The van der Waals surface area contributed by atoms with Gasteiger partial charge in [-0.25, -0.2) is 8.78 Å². The van der Waals surface area contributed by atoms with Crippen LogP contribution in [0.1, 0.15) is 24.3 Å². The standard InChI is InChI=1S/C10H9F2/c11-9-5-4-8(6-10(9)12)7-2-1-3-7/h2,4-7H,1,3H2. The third-order valence-electron chi connectivity index (χ3n) is 2.30. The van der Waals surface area contributed by atoms with Crippen molar-refractivity contribution in [3.63, 3.8) is 0 Å². The first kappa shape index (κ1) is 7.71. The lowest BCUT2D eigenvalue weighted by Gasteiger charge is -2.25. The fraction of sp³-hybridized carbons (Fsp3) is 0.300. The molecular weight excluding hydrogens is 158 g/mol. The Bertz CT molecular complexity index is 290. The fourth-order valence-electron chi connectivity index (χ4n) is 1.38. The molecule has 0 bridgehead atoms. The Kier molecular flexibility index (Phi) is 1.83. The van der Waals surface area contributed by atoms with Crippen molar-refractivity contribution < 1.29 is 8.78 Å². The maximum Gasteiger partial charge on any atom is 0.159 e. The van der Waals surface area contributed by atoms with Crippen LogP contribution in [-0.2, 0) is 0 Å². The normalized spacial score (nSPS) is 17.5. The van der Waals surface area contributed by atoms with Crippen molar-refractivity contribution >= 4 is 0 Å². The zero-order chi connectivity index (χ0) is 8.55. The molecule has 0 spiro atoms. The van der Waals surface area contributed by atoms with Crippen molar-refractivity contribution in [1.82, 2.24) is 0 Å². The second-order valence-corrected chi connectivity index (χ2v) is 3.09. The largest absolute Gasteiger partial charge is 0.204 e. The number of hydrogen-bond acceptors (Lipinski definition) is 0. The van der Waals surface area contributed by atoms with E-state index >= 15 is 0 Å². The third-order valence-corrected chi connectivity index (χ3v) is 2.30. The molecule has 0 N–H and O–H groups in total. The van der Waals surface area contributed by atoms with E-state index in [1.54, 1.807) is 6.07 Å². The molecule has 1 unspecified atom stereocenters. The smallest absolute Gasteiger partial charge is 0.159 e. The Labute approximate surface area is 70.2 Å². The highest BCUT2D eigenvalue weighted by molar-refractivity contribution is 5.26. The average Bonchev–Trinajstić information content (AvgIpc) is 1.93. The summed E-state index contributed by atoms with van der Waals surface area (Å²) in [5, 5.41) is 0. The summed E-state index contributed by atoms with van der Waals surface area (Å²) in [4.78, 5) is 0. The molecule has 2 heteroatoms. The van der Waals surface area contributed by atoms with E-state index < -0.39 is 11.6 Å². The molecule has 0 aliphatic heterocycles. The van der Waals surface area contributed by atoms with E-state index in [1.165, 1.54) is 12.1 Å². The van der Waals surface area contributed by atoms with Gasteiger partial charge in [-0.1, -0.05) is 6.07 Å². The predicted molar refractivity (Wildman–Crippen MR) is 42.6 cm³/mol. The highest BCUT2D eigenvalue weighted by Crippen LogP contribution is 2.35. The Morgan fingerprint density at radius 3 is 2.42 bits per heavy atom. The molecule has 63 valence electrons. The van der Waals surface area contributed by atoms with Crippen LogP contribution in [0.3, 0.4) is 0 Å². The van der Waals surface area contributed by atoms with E-state index in [9.17, 15) is 8.78 Å². The van der Waals surface area contributed by atoms with Crippen molar-refractivity contribution in [2.45, 2.75) is 18.8 Å². The molecule has 1 aromatic carbocycles. The summed E-state index contributed by atoms with van der Waals surface area (Å²) in [6, 6.07) is 4.13. The minimum atomic E-state index is -0.766. The zero-order valence-electron chi connectivity index (χ0n) is 6.56. The molecule has 1 aromatic rings. The summed E-state index contributed by atoms with van der Waals surface area (Å²) >= 11 is 0. The molecule has 1 fully saturated rings. The summed E-state index contributed by atoms with van der Waals surface area (Å²) in [5.74, 6) is -1.16. The van der Waals surface area contributed by atoms with Crippen LogP contribution >= 0.6 is 0 Å². The first-order chi connectivity index (χ1) is 5.77. The highest BCUT2D eigenvalue weighted by Gasteiger charge is 2.20. The molecule has 0 nitrogen and oxygen atoms in total. The third kappa shape index (κ3) is 1.22. The van der Waals surface area contributed by atoms with Crippen LogP contribution in [0, 0.1) is 18.1 Å². The highest BCUT2D eigenvalue weighted by atomic mass is 19.2. The molecule has 0 saturated heterocycles. The van der Waals surface area contributed by atoms with Crippen molar-refractivity contribution in [1.29, 1.82) is 0 Å². The molecule has 0 aromatic heterocycles. The first-order valence-electron chi connectivity index (χ1n) is 4.05. The van der Waals surface area contributed by atoms with Gasteiger partial charge in [0, 0.05) is 0 Å². The maximum atomic E-state index is 12.7. The minimum Gasteiger partial charge on any atom is -0.204 e. The minimum absolute atomic E-state index is 0.347. The first-order valence-corrected chi connectivity index (χ1v) is 4.05. The Hall–Kier alpha value is -0.920. The molecule has 1 saturated carbocycles. The van der Waals surface area contributed by atoms with Gasteiger partial charge in [-0.2, -0.15) is 0 Å². The second-order valence-electron chi connectivity index (χ2n) is 3.09. The number of halogens is 2. The summed E-state index contributed by atoms with van der Waals surface area (Å²) in [6.07, 6.45) is 4.27. The van der Waals surface area contributed by atoms with Crippen LogP contribution in [0.5, 0.6) is 0 Å². The van der Waals surface area contributed by atoms with Crippen molar-refractivity contribution in [3.05, 3.63) is 41.8 Å². The molecule has 1 aliphatic rings.